The Morgan fingerprint density at radius 1 is 1.21 bits per heavy atom. The van der Waals surface area contributed by atoms with Crippen LogP contribution in [0, 0.1) is 5.82 Å². The summed E-state index contributed by atoms with van der Waals surface area (Å²) in [5.74, 6) is -0.273. The summed E-state index contributed by atoms with van der Waals surface area (Å²) < 4.78 is 12.9. The van der Waals surface area contributed by atoms with Crippen molar-refractivity contribution in [1.82, 2.24) is 16.0 Å². The molecule has 1 aromatic carbocycles. The molecule has 0 radical (unpaired) electrons. The quantitative estimate of drug-likeness (QED) is 0.482. The fraction of sp³-hybridized carbons (Fsp3) is 0.385. The van der Waals surface area contributed by atoms with Crippen LogP contribution in [0.4, 0.5) is 9.18 Å². The molecule has 1 aromatic rings. The molecule has 0 fully saturated rings. The second-order valence-corrected chi connectivity index (χ2v) is 3.99. The van der Waals surface area contributed by atoms with E-state index in [1.807, 2.05) is 6.07 Å². The normalized spacial score (nSPS) is 9.74. The summed E-state index contributed by atoms with van der Waals surface area (Å²) >= 11 is 0. The van der Waals surface area contributed by atoms with E-state index in [0.717, 1.165) is 5.56 Å². The molecule has 0 aliphatic rings. The van der Waals surface area contributed by atoms with E-state index in [1.54, 1.807) is 6.07 Å². The molecule has 0 heterocycles. The largest absolute Gasteiger partial charge is 0.359 e. The maximum absolute atomic E-state index is 12.9. The Hall–Kier alpha value is -2.11. The predicted octanol–water partition coefficient (Wildman–Crippen LogP) is 0.803. The van der Waals surface area contributed by atoms with Crippen molar-refractivity contribution < 1.29 is 14.0 Å². The fourth-order valence-electron chi connectivity index (χ4n) is 1.53. The number of hydrogen-bond acceptors (Lipinski definition) is 2. The monoisotopic (exact) mass is 267 g/mol. The lowest BCUT2D eigenvalue weighted by molar-refractivity contribution is -0.109. The molecule has 0 saturated carbocycles. The van der Waals surface area contributed by atoms with Gasteiger partial charge in [-0.25, -0.2) is 9.18 Å². The van der Waals surface area contributed by atoms with E-state index >= 15 is 0 Å². The third-order valence-corrected chi connectivity index (χ3v) is 2.46. The first-order valence-electron chi connectivity index (χ1n) is 6.15. The van der Waals surface area contributed by atoms with Gasteiger partial charge in [0, 0.05) is 19.6 Å². The van der Waals surface area contributed by atoms with Crippen LogP contribution in [0.25, 0.3) is 0 Å². The third-order valence-electron chi connectivity index (χ3n) is 2.46. The van der Waals surface area contributed by atoms with Crippen molar-refractivity contribution in [3.05, 3.63) is 35.6 Å². The van der Waals surface area contributed by atoms with Crippen molar-refractivity contribution in [3.63, 3.8) is 0 Å². The van der Waals surface area contributed by atoms with Gasteiger partial charge in [0.1, 0.15) is 5.82 Å². The molecule has 0 atom stereocenters. The third kappa shape index (κ3) is 7.03. The molecule has 0 saturated heterocycles. The summed E-state index contributed by atoms with van der Waals surface area (Å²) in [6.45, 7) is 1.47. The standard InChI is InChI=1S/C13H18FN3O2/c14-12-4-1-3-11(9-12)5-8-17-13(19)16-7-2-6-15-10-18/h1,3-4,9-10H,2,5-8H2,(H,15,18)(H2,16,17,19). The van der Waals surface area contributed by atoms with Crippen LogP contribution < -0.4 is 16.0 Å². The number of amides is 3. The number of hydrogen-bond donors (Lipinski definition) is 3. The SMILES string of the molecule is O=CNCCCNC(=O)NCCc1cccc(F)c1. The highest BCUT2D eigenvalue weighted by atomic mass is 19.1. The van der Waals surface area contributed by atoms with Gasteiger partial charge < -0.3 is 16.0 Å². The molecule has 1 rings (SSSR count). The smallest absolute Gasteiger partial charge is 0.314 e. The van der Waals surface area contributed by atoms with E-state index in [-0.39, 0.29) is 11.8 Å². The minimum Gasteiger partial charge on any atom is -0.359 e. The first-order valence-corrected chi connectivity index (χ1v) is 6.15. The maximum atomic E-state index is 12.9. The zero-order valence-corrected chi connectivity index (χ0v) is 10.6. The summed E-state index contributed by atoms with van der Waals surface area (Å²) in [6.07, 6.45) is 1.88. The summed E-state index contributed by atoms with van der Waals surface area (Å²) in [5, 5.41) is 7.84. The second kappa shape index (κ2) is 8.91. The molecule has 3 N–H and O–H groups in total. The van der Waals surface area contributed by atoms with Crippen molar-refractivity contribution in [1.29, 1.82) is 0 Å². The van der Waals surface area contributed by atoms with Crippen LogP contribution in [0.5, 0.6) is 0 Å². The van der Waals surface area contributed by atoms with Gasteiger partial charge >= 0.3 is 6.03 Å². The predicted molar refractivity (Wildman–Crippen MR) is 70.2 cm³/mol. The van der Waals surface area contributed by atoms with Gasteiger partial charge in [-0.2, -0.15) is 0 Å². The number of carbonyl (C=O) groups is 2. The van der Waals surface area contributed by atoms with Crippen molar-refractivity contribution >= 4 is 12.4 Å². The van der Waals surface area contributed by atoms with Gasteiger partial charge in [0.25, 0.3) is 0 Å². The van der Waals surface area contributed by atoms with Crippen molar-refractivity contribution in [3.8, 4) is 0 Å². The van der Waals surface area contributed by atoms with E-state index in [0.29, 0.717) is 38.9 Å². The summed E-state index contributed by atoms with van der Waals surface area (Å²) in [7, 11) is 0. The Bertz CT molecular complexity index is 413. The van der Waals surface area contributed by atoms with Gasteiger partial charge in [-0.1, -0.05) is 12.1 Å². The number of benzene rings is 1. The number of urea groups is 1. The topological polar surface area (TPSA) is 70.2 Å². The van der Waals surface area contributed by atoms with Crippen LogP contribution in [0.3, 0.4) is 0 Å². The molecule has 3 amide bonds. The molecular formula is C13H18FN3O2. The molecule has 0 aliphatic heterocycles. The Labute approximate surface area is 111 Å². The molecule has 5 nitrogen and oxygen atoms in total. The summed E-state index contributed by atoms with van der Waals surface area (Å²) in [5.41, 5.74) is 0.843. The lowest BCUT2D eigenvalue weighted by atomic mass is 10.1. The molecule has 104 valence electrons. The highest BCUT2D eigenvalue weighted by Gasteiger charge is 1.99. The minimum absolute atomic E-state index is 0.262. The number of nitrogens with one attached hydrogen (secondary N) is 3. The van der Waals surface area contributed by atoms with Gasteiger partial charge in [0.05, 0.1) is 0 Å². The number of carbonyl (C=O) groups excluding carboxylic acids is 2. The van der Waals surface area contributed by atoms with Gasteiger partial charge in [0.15, 0.2) is 0 Å². The molecule has 0 bridgehead atoms. The Morgan fingerprint density at radius 3 is 2.74 bits per heavy atom. The molecule has 19 heavy (non-hydrogen) atoms. The van der Waals surface area contributed by atoms with Crippen LogP contribution >= 0.6 is 0 Å². The Morgan fingerprint density at radius 2 is 2.00 bits per heavy atom. The average molecular weight is 267 g/mol. The Balaban J connectivity index is 2.08. The van der Waals surface area contributed by atoms with Crippen LogP contribution in [-0.2, 0) is 11.2 Å². The zero-order valence-electron chi connectivity index (χ0n) is 10.6. The maximum Gasteiger partial charge on any atom is 0.314 e. The van der Waals surface area contributed by atoms with Gasteiger partial charge in [0.2, 0.25) is 6.41 Å². The molecule has 0 spiro atoms. The van der Waals surface area contributed by atoms with E-state index in [2.05, 4.69) is 16.0 Å². The number of rotatable bonds is 8. The first kappa shape index (κ1) is 14.9. The van der Waals surface area contributed by atoms with Gasteiger partial charge in [-0.05, 0) is 30.5 Å². The lowest BCUT2D eigenvalue weighted by Gasteiger charge is -2.07. The van der Waals surface area contributed by atoms with Crippen LogP contribution in [0.1, 0.15) is 12.0 Å². The fourth-order valence-corrected chi connectivity index (χ4v) is 1.53. The number of halogens is 1. The van der Waals surface area contributed by atoms with Gasteiger partial charge in [-0.15, -0.1) is 0 Å². The highest BCUT2D eigenvalue weighted by Crippen LogP contribution is 2.03. The molecule has 0 aliphatic carbocycles. The summed E-state index contributed by atoms with van der Waals surface area (Å²) in [6, 6.07) is 6.03. The van der Waals surface area contributed by atoms with E-state index in [4.69, 9.17) is 0 Å². The molecule has 6 heteroatoms. The van der Waals surface area contributed by atoms with Crippen LogP contribution in [-0.4, -0.2) is 32.1 Å². The van der Waals surface area contributed by atoms with E-state index < -0.39 is 0 Å². The molecule has 0 unspecified atom stereocenters. The van der Waals surface area contributed by atoms with E-state index in [1.165, 1.54) is 12.1 Å². The molecule has 0 aromatic heterocycles. The lowest BCUT2D eigenvalue weighted by Crippen LogP contribution is -2.37. The van der Waals surface area contributed by atoms with Crippen molar-refractivity contribution in [2.24, 2.45) is 0 Å². The minimum atomic E-state index is -0.273. The molecular weight excluding hydrogens is 249 g/mol. The van der Waals surface area contributed by atoms with Gasteiger partial charge in [-0.3, -0.25) is 4.79 Å². The first-order chi connectivity index (χ1) is 9.22. The van der Waals surface area contributed by atoms with Crippen molar-refractivity contribution in [2.75, 3.05) is 19.6 Å². The van der Waals surface area contributed by atoms with Crippen molar-refractivity contribution in [2.45, 2.75) is 12.8 Å². The van der Waals surface area contributed by atoms with Crippen LogP contribution in [0.15, 0.2) is 24.3 Å². The highest BCUT2D eigenvalue weighted by molar-refractivity contribution is 5.73. The zero-order chi connectivity index (χ0) is 13.9. The average Bonchev–Trinajstić information content (AvgIpc) is 2.38. The van der Waals surface area contributed by atoms with E-state index in [9.17, 15) is 14.0 Å². The second-order valence-electron chi connectivity index (χ2n) is 3.99. The Kier molecular flexibility index (Phi) is 7.01. The summed E-state index contributed by atoms with van der Waals surface area (Å²) in [4.78, 5) is 21.3. The van der Waals surface area contributed by atoms with Crippen LogP contribution in [0.2, 0.25) is 0 Å².